The first-order valence-corrected chi connectivity index (χ1v) is 12.6. The summed E-state index contributed by atoms with van der Waals surface area (Å²) in [4.78, 5) is 51.5. The largest absolute Gasteiger partial charge is 0.480 e. The van der Waals surface area contributed by atoms with E-state index < -0.39 is 22.8 Å². The molecule has 5 saturated carbocycles. The average molecular weight is 479 g/mol. The number of carboxylic acid groups (broad SMARTS) is 1. The minimum atomic E-state index is -1.03. The summed E-state index contributed by atoms with van der Waals surface area (Å²) in [6.07, 6.45) is 7.25. The number of carbonyl (C=O) groups excluding carboxylic acids is 3. The highest BCUT2D eigenvalue weighted by Crippen LogP contribution is 2.65. The van der Waals surface area contributed by atoms with Gasteiger partial charge in [-0.25, -0.2) is 9.59 Å². The van der Waals surface area contributed by atoms with Crippen LogP contribution < -0.4 is 5.32 Å². The van der Waals surface area contributed by atoms with E-state index in [9.17, 15) is 24.3 Å². The highest BCUT2D eigenvalue weighted by Gasteiger charge is 2.63. The van der Waals surface area contributed by atoms with E-state index >= 15 is 0 Å². The van der Waals surface area contributed by atoms with Crippen molar-refractivity contribution >= 4 is 23.9 Å². The lowest BCUT2D eigenvalue weighted by molar-refractivity contribution is -0.182. The number of methoxy groups -OCH3 is 1. The van der Waals surface area contributed by atoms with Gasteiger partial charge in [-0.3, -0.25) is 9.59 Å². The Labute approximate surface area is 200 Å². The zero-order valence-corrected chi connectivity index (χ0v) is 20.5. The molecule has 0 aliphatic heterocycles. The summed E-state index contributed by atoms with van der Waals surface area (Å²) in [6, 6.07) is -0.958. The summed E-state index contributed by atoms with van der Waals surface area (Å²) < 4.78 is 10.6. The van der Waals surface area contributed by atoms with Crippen LogP contribution in [0.5, 0.6) is 0 Å². The fraction of sp³-hybridized carbons (Fsp3) is 0.840. The van der Waals surface area contributed by atoms with Gasteiger partial charge in [0.05, 0.1) is 17.9 Å². The molecule has 3 unspecified atom stereocenters. The number of hydrogen-bond donors (Lipinski definition) is 2. The van der Waals surface area contributed by atoms with Gasteiger partial charge in [0.2, 0.25) is 5.91 Å². The maximum atomic E-state index is 13.6. The number of hydrogen-bond acceptors (Lipinski definition) is 6. The minimum Gasteiger partial charge on any atom is -0.480 e. The van der Waals surface area contributed by atoms with Gasteiger partial charge >= 0.3 is 18.0 Å². The van der Waals surface area contributed by atoms with Crippen LogP contribution in [0.15, 0.2) is 0 Å². The van der Waals surface area contributed by atoms with Crippen LogP contribution in [0.2, 0.25) is 0 Å². The molecule has 5 aliphatic rings. The van der Waals surface area contributed by atoms with Gasteiger partial charge in [-0.15, -0.1) is 0 Å². The second-order valence-electron chi connectivity index (χ2n) is 11.5. The fourth-order valence-electron chi connectivity index (χ4n) is 7.58. The molecule has 0 heterocycles. The van der Waals surface area contributed by atoms with Crippen molar-refractivity contribution in [1.82, 2.24) is 10.2 Å². The van der Waals surface area contributed by atoms with E-state index in [-0.39, 0.29) is 30.0 Å². The molecule has 0 saturated heterocycles. The average Bonchev–Trinajstić information content (AvgIpc) is 2.78. The molecule has 9 nitrogen and oxygen atoms in total. The molecular weight excluding hydrogens is 440 g/mol. The van der Waals surface area contributed by atoms with Crippen LogP contribution in [-0.2, 0) is 23.9 Å². The van der Waals surface area contributed by atoms with Crippen LogP contribution in [-0.4, -0.2) is 67.3 Å². The van der Waals surface area contributed by atoms with E-state index in [0.29, 0.717) is 37.5 Å². The molecule has 9 heteroatoms. The van der Waals surface area contributed by atoms with Crippen LogP contribution in [0.4, 0.5) is 4.79 Å². The summed E-state index contributed by atoms with van der Waals surface area (Å²) in [5, 5.41) is 12.8. The van der Waals surface area contributed by atoms with Crippen LogP contribution in [0, 0.1) is 28.6 Å². The second kappa shape index (κ2) is 9.38. The Morgan fingerprint density at radius 1 is 1.00 bits per heavy atom. The second-order valence-corrected chi connectivity index (χ2v) is 11.5. The van der Waals surface area contributed by atoms with Gasteiger partial charge in [-0.05, 0) is 88.4 Å². The van der Waals surface area contributed by atoms with Crippen LogP contribution in [0.25, 0.3) is 0 Å². The van der Waals surface area contributed by atoms with Gasteiger partial charge in [0.1, 0.15) is 12.1 Å². The number of carboxylic acids is 1. The predicted octanol–water partition coefficient (Wildman–Crippen LogP) is 2.96. The monoisotopic (exact) mass is 478 g/mol. The van der Waals surface area contributed by atoms with Crippen molar-refractivity contribution in [2.75, 3.05) is 21.2 Å². The molecule has 5 aliphatic carbocycles. The first-order chi connectivity index (χ1) is 16.1. The third kappa shape index (κ3) is 4.75. The van der Waals surface area contributed by atoms with Crippen molar-refractivity contribution in [3.8, 4) is 0 Å². The summed E-state index contributed by atoms with van der Waals surface area (Å²) >= 11 is 0. The molecule has 0 aromatic rings. The molecule has 3 atom stereocenters. The molecule has 5 rings (SSSR count). The third-order valence-electron chi connectivity index (χ3n) is 8.76. The first kappa shape index (κ1) is 24.8. The molecular formula is C25H38N2O7. The van der Waals surface area contributed by atoms with Gasteiger partial charge in [0, 0.05) is 14.1 Å². The zero-order chi connectivity index (χ0) is 24.7. The molecule has 34 heavy (non-hydrogen) atoms. The number of rotatable bonds is 7. The van der Waals surface area contributed by atoms with Crippen molar-refractivity contribution in [3.05, 3.63) is 0 Å². The normalized spacial score (nSPS) is 36.9. The molecule has 2 N–H and O–H groups in total. The van der Waals surface area contributed by atoms with E-state index in [1.807, 2.05) is 0 Å². The molecule has 0 aromatic heterocycles. The predicted molar refractivity (Wildman–Crippen MR) is 122 cm³/mol. The summed E-state index contributed by atoms with van der Waals surface area (Å²) in [5.41, 5.74) is -1.28. The van der Waals surface area contributed by atoms with Gasteiger partial charge in [0.15, 0.2) is 0 Å². The van der Waals surface area contributed by atoms with Gasteiger partial charge in [-0.1, -0.05) is 0 Å². The lowest BCUT2D eigenvalue weighted by atomic mass is 9.44. The Kier molecular flexibility index (Phi) is 6.84. The number of carbonyl (C=O) groups is 4. The topological polar surface area (TPSA) is 122 Å². The first-order valence-electron chi connectivity index (χ1n) is 12.6. The van der Waals surface area contributed by atoms with Crippen molar-refractivity contribution < 1.29 is 33.8 Å². The molecule has 190 valence electrons. The molecule has 4 bridgehead atoms. The number of aliphatic carboxylic acids is 1. The number of amides is 2. The Hall–Kier alpha value is -2.32. The van der Waals surface area contributed by atoms with E-state index in [1.54, 1.807) is 14.1 Å². The molecule has 5 fully saturated rings. The summed E-state index contributed by atoms with van der Waals surface area (Å²) in [6.45, 7) is 0. The van der Waals surface area contributed by atoms with Crippen LogP contribution in [0.1, 0.15) is 70.6 Å². The number of nitrogens with zero attached hydrogens (tertiary/aromatic N) is 1. The zero-order valence-electron chi connectivity index (χ0n) is 20.5. The van der Waals surface area contributed by atoms with Crippen LogP contribution in [0.3, 0.4) is 0 Å². The van der Waals surface area contributed by atoms with E-state index in [4.69, 9.17) is 9.47 Å². The highest BCUT2D eigenvalue weighted by atomic mass is 16.6. The highest BCUT2D eigenvalue weighted by molar-refractivity contribution is 5.89. The fourth-order valence-corrected chi connectivity index (χ4v) is 7.58. The maximum absolute atomic E-state index is 13.6. The van der Waals surface area contributed by atoms with Gasteiger partial charge in [0.25, 0.3) is 0 Å². The van der Waals surface area contributed by atoms with Crippen LogP contribution >= 0.6 is 0 Å². The SMILES string of the molecule is COC(=O)C12CC3CC(CC(C(=O)NC(CC4CCC(OC(=O)N(C)C)CC4)C(=O)O)(C3)C1)C2. The molecule has 2 amide bonds. The number of ether oxygens (including phenoxy) is 2. The summed E-state index contributed by atoms with van der Waals surface area (Å²) in [5.74, 6) is -0.685. The minimum absolute atomic E-state index is 0.147. The quantitative estimate of drug-likeness (QED) is 0.539. The summed E-state index contributed by atoms with van der Waals surface area (Å²) in [7, 11) is 4.69. The van der Waals surface area contributed by atoms with Gasteiger partial charge in [-0.2, -0.15) is 0 Å². The Morgan fingerprint density at radius 3 is 2.12 bits per heavy atom. The van der Waals surface area contributed by atoms with Gasteiger partial charge < -0.3 is 24.8 Å². The van der Waals surface area contributed by atoms with E-state index in [0.717, 1.165) is 44.9 Å². The lowest BCUT2D eigenvalue weighted by Gasteiger charge is -2.59. The van der Waals surface area contributed by atoms with E-state index in [1.165, 1.54) is 12.0 Å². The molecule has 0 radical (unpaired) electrons. The number of nitrogens with one attached hydrogen (secondary N) is 1. The molecule has 0 spiro atoms. The Bertz CT molecular complexity index is 819. The number of esters is 1. The Morgan fingerprint density at radius 2 is 1.59 bits per heavy atom. The third-order valence-corrected chi connectivity index (χ3v) is 8.76. The maximum Gasteiger partial charge on any atom is 0.409 e. The standard InChI is InChI=1S/C25H38N2O7/c1-27(2)23(32)34-18-6-4-15(5-7-18)9-19(20(28)29)26-21(30)24-10-16-8-17(11-24)13-25(12-16,14-24)22(31)33-3/h15-19H,4-14H2,1-3H3,(H,26,30)(H,28,29). The lowest BCUT2D eigenvalue weighted by Crippen LogP contribution is -2.61. The van der Waals surface area contributed by atoms with E-state index in [2.05, 4.69) is 5.32 Å². The Balaban J connectivity index is 1.37. The van der Waals surface area contributed by atoms with Crippen molar-refractivity contribution in [1.29, 1.82) is 0 Å². The smallest absolute Gasteiger partial charge is 0.409 e. The van der Waals surface area contributed by atoms with Crippen molar-refractivity contribution in [3.63, 3.8) is 0 Å². The van der Waals surface area contributed by atoms with Crippen molar-refractivity contribution in [2.24, 2.45) is 28.6 Å². The van der Waals surface area contributed by atoms with Crippen molar-refractivity contribution in [2.45, 2.75) is 82.8 Å². The molecule has 0 aromatic carbocycles.